The van der Waals surface area contributed by atoms with Crippen LogP contribution in [0.1, 0.15) is 17.3 Å². The highest BCUT2D eigenvalue weighted by molar-refractivity contribution is 5.88. The third-order valence-electron chi connectivity index (χ3n) is 2.03. The zero-order valence-electron chi connectivity index (χ0n) is 9.34. The molecular weight excluding hydrogens is 273 g/mol. The number of carboxylic acid groups (broad SMARTS) is 1. The highest BCUT2D eigenvalue weighted by atomic mass is 19.4. The van der Waals surface area contributed by atoms with Gasteiger partial charge in [-0.05, 0) is 6.92 Å². The SMILES string of the molecule is CC(Oc1ncc(C(=O)O)cc1[N+](=O)[O-])C(F)(F)F. The van der Waals surface area contributed by atoms with Gasteiger partial charge in [0.05, 0.1) is 10.5 Å². The Hall–Kier alpha value is -2.39. The molecule has 7 nitrogen and oxygen atoms in total. The summed E-state index contributed by atoms with van der Waals surface area (Å²) in [5.74, 6) is -2.38. The molecule has 1 N–H and O–H groups in total. The summed E-state index contributed by atoms with van der Waals surface area (Å²) >= 11 is 0. The molecule has 1 unspecified atom stereocenters. The average molecular weight is 280 g/mol. The predicted molar refractivity (Wildman–Crippen MR) is 54.0 cm³/mol. The first-order valence-electron chi connectivity index (χ1n) is 4.74. The zero-order valence-corrected chi connectivity index (χ0v) is 9.34. The van der Waals surface area contributed by atoms with E-state index < -0.39 is 40.3 Å². The number of aromatic carboxylic acids is 1. The van der Waals surface area contributed by atoms with Gasteiger partial charge in [0.1, 0.15) is 0 Å². The molecule has 0 aromatic carbocycles. The molecule has 0 aliphatic rings. The topological polar surface area (TPSA) is 103 Å². The first-order chi connectivity index (χ1) is 8.62. The van der Waals surface area contributed by atoms with E-state index in [1.807, 2.05) is 0 Å². The molecule has 0 radical (unpaired) electrons. The number of ether oxygens (including phenoxy) is 1. The molecule has 0 aliphatic heterocycles. The molecule has 104 valence electrons. The maximum absolute atomic E-state index is 12.3. The fourth-order valence-electron chi connectivity index (χ4n) is 1.01. The van der Waals surface area contributed by atoms with Crippen LogP contribution in [-0.2, 0) is 0 Å². The summed E-state index contributed by atoms with van der Waals surface area (Å²) in [4.78, 5) is 23.4. The van der Waals surface area contributed by atoms with Crippen LogP contribution in [0.25, 0.3) is 0 Å². The number of carboxylic acids is 1. The van der Waals surface area contributed by atoms with Crippen LogP contribution in [0.2, 0.25) is 0 Å². The lowest BCUT2D eigenvalue weighted by molar-refractivity contribution is -0.386. The standard InChI is InChI=1S/C9H7F3N2O5/c1-4(9(10,11)12)19-7-6(14(17)18)2-5(3-13-7)8(15)16/h2-4H,1H3,(H,15,16). The van der Waals surface area contributed by atoms with Crippen LogP contribution >= 0.6 is 0 Å². The van der Waals surface area contributed by atoms with Crippen molar-refractivity contribution in [2.24, 2.45) is 0 Å². The fourth-order valence-corrected chi connectivity index (χ4v) is 1.01. The Morgan fingerprint density at radius 1 is 1.58 bits per heavy atom. The molecule has 0 aliphatic carbocycles. The molecule has 19 heavy (non-hydrogen) atoms. The van der Waals surface area contributed by atoms with Crippen molar-refractivity contribution in [1.29, 1.82) is 0 Å². The van der Waals surface area contributed by atoms with E-state index in [1.165, 1.54) is 0 Å². The summed E-state index contributed by atoms with van der Waals surface area (Å²) in [5, 5.41) is 19.2. The minimum Gasteiger partial charge on any atom is -0.478 e. The smallest absolute Gasteiger partial charge is 0.425 e. The van der Waals surface area contributed by atoms with Gasteiger partial charge in [-0.25, -0.2) is 9.78 Å². The van der Waals surface area contributed by atoms with E-state index in [1.54, 1.807) is 0 Å². The molecule has 0 bridgehead atoms. The van der Waals surface area contributed by atoms with Crippen molar-refractivity contribution in [1.82, 2.24) is 4.98 Å². The molecule has 1 aromatic rings. The van der Waals surface area contributed by atoms with Crippen LogP contribution in [0.5, 0.6) is 5.88 Å². The number of nitrogens with zero attached hydrogens (tertiary/aromatic N) is 2. The molecular formula is C9H7F3N2O5. The first kappa shape index (κ1) is 14.7. The Morgan fingerprint density at radius 3 is 2.58 bits per heavy atom. The van der Waals surface area contributed by atoms with Gasteiger partial charge in [0.15, 0.2) is 6.10 Å². The molecule has 0 fully saturated rings. The normalized spacial score (nSPS) is 12.8. The molecule has 0 spiro atoms. The van der Waals surface area contributed by atoms with Crippen molar-refractivity contribution in [2.45, 2.75) is 19.2 Å². The molecule has 0 saturated heterocycles. The predicted octanol–water partition coefficient (Wildman–Crippen LogP) is 2.02. The van der Waals surface area contributed by atoms with Gasteiger partial charge in [-0.2, -0.15) is 13.2 Å². The van der Waals surface area contributed by atoms with Crippen LogP contribution in [0.4, 0.5) is 18.9 Å². The number of rotatable bonds is 4. The van der Waals surface area contributed by atoms with E-state index in [4.69, 9.17) is 5.11 Å². The summed E-state index contributed by atoms with van der Waals surface area (Å²) in [7, 11) is 0. The van der Waals surface area contributed by atoms with Gasteiger partial charge in [0.25, 0.3) is 5.88 Å². The highest BCUT2D eigenvalue weighted by Crippen LogP contribution is 2.30. The molecule has 1 rings (SSSR count). The van der Waals surface area contributed by atoms with Crippen molar-refractivity contribution < 1.29 is 32.7 Å². The maximum atomic E-state index is 12.3. The van der Waals surface area contributed by atoms with Crippen LogP contribution < -0.4 is 4.74 Å². The van der Waals surface area contributed by atoms with Gasteiger partial charge >= 0.3 is 17.8 Å². The van der Waals surface area contributed by atoms with E-state index in [9.17, 15) is 28.1 Å². The monoisotopic (exact) mass is 280 g/mol. The lowest BCUT2D eigenvalue weighted by atomic mass is 10.2. The lowest BCUT2D eigenvalue weighted by Crippen LogP contribution is -2.31. The van der Waals surface area contributed by atoms with Gasteiger partial charge in [-0.3, -0.25) is 10.1 Å². The van der Waals surface area contributed by atoms with E-state index >= 15 is 0 Å². The van der Waals surface area contributed by atoms with Gasteiger partial charge in [0.2, 0.25) is 0 Å². The van der Waals surface area contributed by atoms with Crippen LogP contribution in [0, 0.1) is 10.1 Å². The first-order valence-corrected chi connectivity index (χ1v) is 4.74. The summed E-state index contributed by atoms with van der Waals surface area (Å²) in [5.41, 5.74) is -1.48. The number of alkyl halides is 3. The summed E-state index contributed by atoms with van der Waals surface area (Å²) in [6.07, 6.45) is -6.36. The molecule has 1 aromatic heterocycles. The number of pyridine rings is 1. The fraction of sp³-hybridized carbons (Fsp3) is 0.333. The average Bonchev–Trinajstić information content (AvgIpc) is 2.27. The Bertz CT molecular complexity index is 517. The summed E-state index contributed by atoms with van der Waals surface area (Å²) < 4.78 is 41.1. The molecule has 0 amide bonds. The second-order valence-corrected chi connectivity index (χ2v) is 3.41. The van der Waals surface area contributed by atoms with Crippen LogP contribution in [0.3, 0.4) is 0 Å². The van der Waals surface area contributed by atoms with E-state index in [0.717, 1.165) is 0 Å². The molecule has 1 heterocycles. The van der Waals surface area contributed by atoms with Crippen molar-refractivity contribution >= 4 is 11.7 Å². The number of hydrogen-bond donors (Lipinski definition) is 1. The van der Waals surface area contributed by atoms with Crippen LogP contribution in [-0.4, -0.2) is 33.3 Å². The maximum Gasteiger partial charge on any atom is 0.425 e. The van der Waals surface area contributed by atoms with Crippen molar-refractivity contribution in [3.8, 4) is 5.88 Å². The Labute approximate surface area is 103 Å². The number of aromatic nitrogens is 1. The van der Waals surface area contributed by atoms with Gasteiger partial charge in [0, 0.05) is 12.3 Å². The zero-order chi connectivity index (χ0) is 14.8. The molecule has 10 heteroatoms. The molecule has 1 atom stereocenters. The highest BCUT2D eigenvalue weighted by Gasteiger charge is 2.39. The van der Waals surface area contributed by atoms with Gasteiger partial charge in [-0.1, -0.05) is 0 Å². The third-order valence-corrected chi connectivity index (χ3v) is 2.03. The Kier molecular flexibility index (Phi) is 3.92. The lowest BCUT2D eigenvalue weighted by Gasteiger charge is -2.16. The number of carbonyl (C=O) groups is 1. The minimum atomic E-state index is -4.72. The summed E-state index contributed by atoms with van der Waals surface area (Å²) in [6, 6.07) is 0.577. The van der Waals surface area contributed by atoms with Gasteiger partial charge < -0.3 is 9.84 Å². The number of nitro groups is 1. The van der Waals surface area contributed by atoms with Gasteiger partial charge in [-0.15, -0.1) is 0 Å². The Balaban J connectivity index is 3.14. The third kappa shape index (κ3) is 3.53. The number of hydrogen-bond acceptors (Lipinski definition) is 5. The number of halogens is 3. The second kappa shape index (κ2) is 5.08. The van der Waals surface area contributed by atoms with Crippen LogP contribution in [0.15, 0.2) is 12.3 Å². The van der Waals surface area contributed by atoms with Crippen molar-refractivity contribution in [2.75, 3.05) is 0 Å². The van der Waals surface area contributed by atoms with E-state index in [0.29, 0.717) is 19.2 Å². The minimum absolute atomic E-state index is 0.529. The van der Waals surface area contributed by atoms with E-state index in [2.05, 4.69) is 9.72 Å². The van der Waals surface area contributed by atoms with Crippen molar-refractivity contribution in [3.63, 3.8) is 0 Å². The molecule has 0 saturated carbocycles. The summed E-state index contributed by atoms with van der Waals surface area (Å²) in [6.45, 7) is 0.649. The second-order valence-electron chi connectivity index (χ2n) is 3.41. The largest absolute Gasteiger partial charge is 0.478 e. The Morgan fingerprint density at radius 2 is 2.16 bits per heavy atom. The quantitative estimate of drug-likeness (QED) is 0.668. The van der Waals surface area contributed by atoms with Crippen molar-refractivity contribution in [3.05, 3.63) is 27.9 Å². The van der Waals surface area contributed by atoms with E-state index in [-0.39, 0.29) is 0 Å².